The number of fused-ring (bicyclic) bond motifs is 1. The van der Waals surface area contributed by atoms with Crippen molar-refractivity contribution >= 4 is 0 Å². The van der Waals surface area contributed by atoms with Gasteiger partial charge in [0.25, 0.3) is 0 Å². The van der Waals surface area contributed by atoms with E-state index in [4.69, 9.17) is 0 Å². The number of aryl methyl sites for hydroxylation is 1. The van der Waals surface area contributed by atoms with Crippen molar-refractivity contribution < 1.29 is 0 Å². The number of aromatic nitrogens is 2. The average molecular weight is 205 g/mol. The van der Waals surface area contributed by atoms with Gasteiger partial charge in [-0.25, -0.2) is 0 Å². The normalized spacial score (nSPS) is 21.7. The van der Waals surface area contributed by atoms with Crippen LogP contribution in [0.4, 0.5) is 0 Å². The molecule has 0 radical (unpaired) electrons. The Morgan fingerprint density at radius 1 is 1.47 bits per heavy atom. The molecule has 1 fully saturated rings. The lowest BCUT2D eigenvalue weighted by Crippen LogP contribution is -2.32. The van der Waals surface area contributed by atoms with Crippen LogP contribution in [-0.2, 0) is 19.4 Å². The van der Waals surface area contributed by atoms with Crippen molar-refractivity contribution in [3.05, 3.63) is 17.0 Å². The molecule has 3 heteroatoms. The first-order valence-corrected chi connectivity index (χ1v) is 6.14. The highest BCUT2D eigenvalue weighted by Crippen LogP contribution is 2.31. The lowest BCUT2D eigenvalue weighted by molar-refractivity contribution is 0.241. The largest absolute Gasteiger partial charge is 0.297 e. The van der Waals surface area contributed by atoms with E-state index in [-0.39, 0.29) is 0 Å². The summed E-state index contributed by atoms with van der Waals surface area (Å²) in [5.41, 5.74) is 4.17. The van der Waals surface area contributed by atoms with Crippen molar-refractivity contribution in [2.75, 3.05) is 13.1 Å². The van der Waals surface area contributed by atoms with Crippen LogP contribution in [-0.4, -0.2) is 28.2 Å². The topological polar surface area (TPSA) is 31.9 Å². The first kappa shape index (κ1) is 9.40. The molecule has 1 aliphatic carbocycles. The van der Waals surface area contributed by atoms with Crippen molar-refractivity contribution in [3.8, 4) is 0 Å². The van der Waals surface area contributed by atoms with Crippen molar-refractivity contribution in [1.29, 1.82) is 0 Å². The van der Waals surface area contributed by atoms with Gasteiger partial charge in [-0.2, -0.15) is 5.10 Å². The van der Waals surface area contributed by atoms with Crippen molar-refractivity contribution in [2.45, 2.75) is 39.2 Å². The predicted octanol–water partition coefficient (Wildman–Crippen LogP) is 1.74. The molecule has 1 aromatic rings. The minimum Gasteiger partial charge on any atom is -0.297 e. The molecule has 0 unspecified atom stereocenters. The molecule has 82 valence electrons. The average Bonchev–Trinajstić information content (AvgIpc) is 2.97. The zero-order valence-corrected chi connectivity index (χ0v) is 9.42. The second-order valence-electron chi connectivity index (χ2n) is 4.91. The van der Waals surface area contributed by atoms with Crippen LogP contribution in [0, 0.1) is 5.92 Å². The van der Waals surface area contributed by atoms with E-state index in [0.29, 0.717) is 0 Å². The van der Waals surface area contributed by atoms with Crippen LogP contribution < -0.4 is 0 Å². The molecular formula is C12H19N3. The minimum atomic E-state index is 1.00. The summed E-state index contributed by atoms with van der Waals surface area (Å²) in [6.45, 7) is 5.82. The summed E-state index contributed by atoms with van der Waals surface area (Å²) in [6, 6.07) is 0. The number of rotatable bonds is 3. The van der Waals surface area contributed by atoms with Crippen LogP contribution >= 0.6 is 0 Å². The van der Waals surface area contributed by atoms with E-state index >= 15 is 0 Å². The van der Waals surface area contributed by atoms with E-state index in [1.54, 1.807) is 0 Å². The summed E-state index contributed by atoms with van der Waals surface area (Å²) in [5.74, 6) is 1.00. The lowest BCUT2D eigenvalue weighted by Gasteiger charge is -2.26. The van der Waals surface area contributed by atoms with Crippen molar-refractivity contribution in [3.63, 3.8) is 0 Å². The molecule has 0 bridgehead atoms. The van der Waals surface area contributed by atoms with E-state index in [2.05, 4.69) is 22.0 Å². The van der Waals surface area contributed by atoms with Crippen LogP contribution in [0.1, 0.15) is 36.7 Å². The molecule has 0 spiro atoms. The molecule has 1 aliphatic heterocycles. The standard InChI is InChI=1S/C12H19N3/c1-2-11-10-5-6-15(7-9-3-4-9)8-12(10)14-13-11/h9H,2-8H2,1H3,(H,13,14). The lowest BCUT2D eigenvalue weighted by atomic mass is 10.0. The zero-order chi connectivity index (χ0) is 10.3. The number of H-pyrrole nitrogens is 1. The molecular weight excluding hydrogens is 186 g/mol. The van der Waals surface area contributed by atoms with Crippen LogP contribution in [0.25, 0.3) is 0 Å². The maximum absolute atomic E-state index is 4.39. The molecule has 0 atom stereocenters. The van der Waals surface area contributed by atoms with E-state index < -0.39 is 0 Å². The predicted molar refractivity (Wildman–Crippen MR) is 59.7 cm³/mol. The Hall–Kier alpha value is -0.830. The Kier molecular flexibility index (Phi) is 2.28. The summed E-state index contributed by atoms with van der Waals surface area (Å²) in [6.07, 6.45) is 5.16. The van der Waals surface area contributed by atoms with Gasteiger partial charge >= 0.3 is 0 Å². The van der Waals surface area contributed by atoms with Gasteiger partial charge in [0.15, 0.2) is 0 Å². The van der Waals surface area contributed by atoms with Gasteiger partial charge in [-0.05, 0) is 37.2 Å². The van der Waals surface area contributed by atoms with Gasteiger partial charge in [-0.15, -0.1) is 0 Å². The fourth-order valence-electron chi connectivity index (χ4n) is 2.56. The van der Waals surface area contributed by atoms with Gasteiger partial charge in [0.05, 0.1) is 11.4 Å². The molecule has 2 heterocycles. The first-order valence-electron chi connectivity index (χ1n) is 6.14. The van der Waals surface area contributed by atoms with Crippen molar-refractivity contribution in [1.82, 2.24) is 15.1 Å². The molecule has 0 saturated heterocycles. The van der Waals surface area contributed by atoms with Gasteiger partial charge < -0.3 is 0 Å². The van der Waals surface area contributed by atoms with Crippen molar-refractivity contribution in [2.24, 2.45) is 5.92 Å². The molecule has 3 rings (SSSR count). The second-order valence-corrected chi connectivity index (χ2v) is 4.91. The van der Waals surface area contributed by atoms with E-state index in [1.165, 1.54) is 49.3 Å². The third-order valence-electron chi connectivity index (χ3n) is 3.65. The van der Waals surface area contributed by atoms with Crippen LogP contribution in [0.15, 0.2) is 0 Å². The van der Waals surface area contributed by atoms with Gasteiger partial charge in [0.2, 0.25) is 0 Å². The summed E-state index contributed by atoms with van der Waals surface area (Å²) < 4.78 is 0. The van der Waals surface area contributed by atoms with Crippen LogP contribution in [0.5, 0.6) is 0 Å². The summed E-state index contributed by atoms with van der Waals surface area (Å²) >= 11 is 0. The maximum atomic E-state index is 4.39. The maximum Gasteiger partial charge on any atom is 0.0655 e. The van der Waals surface area contributed by atoms with E-state index in [9.17, 15) is 0 Å². The summed E-state index contributed by atoms with van der Waals surface area (Å²) in [4.78, 5) is 2.58. The Balaban J connectivity index is 1.72. The molecule has 15 heavy (non-hydrogen) atoms. The summed E-state index contributed by atoms with van der Waals surface area (Å²) in [5, 5.41) is 7.60. The summed E-state index contributed by atoms with van der Waals surface area (Å²) in [7, 11) is 0. The molecule has 1 aromatic heterocycles. The molecule has 2 aliphatic rings. The highest BCUT2D eigenvalue weighted by atomic mass is 15.2. The van der Waals surface area contributed by atoms with Gasteiger partial charge in [0, 0.05) is 19.6 Å². The Morgan fingerprint density at radius 3 is 3.07 bits per heavy atom. The van der Waals surface area contributed by atoms with Gasteiger partial charge in [-0.1, -0.05) is 6.92 Å². The monoisotopic (exact) mass is 205 g/mol. The Bertz CT molecular complexity index is 352. The third kappa shape index (κ3) is 1.81. The fourth-order valence-corrected chi connectivity index (χ4v) is 2.56. The fraction of sp³-hybridized carbons (Fsp3) is 0.750. The zero-order valence-electron chi connectivity index (χ0n) is 9.42. The molecule has 0 aromatic carbocycles. The minimum absolute atomic E-state index is 1.00. The third-order valence-corrected chi connectivity index (χ3v) is 3.65. The first-order chi connectivity index (χ1) is 7.36. The number of nitrogens with one attached hydrogen (secondary N) is 1. The smallest absolute Gasteiger partial charge is 0.0655 e. The van der Waals surface area contributed by atoms with Gasteiger partial charge in [-0.3, -0.25) is 10.00 Å². The Labute approximate surface area is 90.9 Å². The highest BCUT2D eigenvalue weighted by Gasteiger charge is 2.27. The number of aromatic amines is 1. The number of nitrogens with zero attached hydrogens (tertiary/aromatic N) is 2. The second kappa shape index (κ2) is 3.63. The molecule has 1 saturated carbocycles. The molecule has 3 nitrogen and oxygen atoms in total. The molecule has 0 amide bonds. The SMILES string of the molecule is CCc1n[nH]c2c1CCN(CC1CC1)C2. The molecule has 1 N–H and O–H groups in total. The highest BCUT2D eigenvalue weighted by molar-refractivity contribution is 5.27. The number of hydrogen-bond donors (Lipinski definition) is 1. The Morgan fingerprint density at radius 2 is 2.33 bits per heavy atom. The quantitative estimate of drug-likeness (QED) is 0.815. The van der Waals surface area contributed by atoms with E-state index in [0.717, 1.165) is 18.9 Å². The van der Waals surface area contributed by atoms with Crippen LogP contribution in [0.2, 0.25) is 0 Å². The van der Waals surface area contributed by atoms with E-state index in [1.807, 2.05) is 0 Å². The van der Waals surface area contributed by atoms with Gasteiger partial charge in [0.1, 0.15) is 0 Å². The van der Waals surface area contributed by atoms with Crippen LogP contribution in [0.3, 0.4) is 0 Å². The number of hydrogen-bond acceptors (Lipinski definition) is 2.